The lowest BCUT2D eigenvalue weighted by atomic mass is 9.50. The molecule has 0 aliphatic heterocycles. The minimum Gasteiger partial charge on any atom is -0.507 e. The monoisotopic (exact) mass is 490 g/mol. The van der Waals surface area contributed by atoms with E-state index in [4.69, 9.17) is 0 Å². The van der Waals surface area contributed by atoms with Gasteiger partial charge in [-0.15, -0.1) is 0 Å². The second-order valence-electron chi connectivity index (χ2n) is 12.3. The first kappa shape index (κ1) is 27.5. The van der Waals surface area contributed by atoms with Gasteiger partial charge in [-0.2, -0.15) is 0 Å². The van der Waals surface area contributed by atoms with Crippen molar-refractivity contribution in [2.45, 2.75) is 90.8 Å². The van der Waals surface area contributed by atoms with E-state index in [9.17, 15) is 35.1 Å². The molecule has 35 heavy (non-hydrogen) atoms. The van der Waals surface area contributed by atoms with Gasteiger partial charge in [-0.05, 0) is 94.3 Å². The summed E-state index contributed by atoms with van der Waals surface area (Å²) in [6, 6.07) is 0. The highest BCUT2D eigenvalue weighted by Crippen LogP contribution is 2.59. The molecule has 3 rings (SSSR count). The van der Waals surface area contributed by atoms with Gasteiger partial charge in [-0.25, -0.2) is 0 Å². The van der Waals surface area contributed by atoms with E-state index in [1.807, 2.05) is 34.6 Å². The molecule has 3 unspecified atom stereocenters. The number of carbonyl (C=O) groups is 2. The first-order chi connectivity index (χ1) is 16.2. The molecule has 0 heterocycles. The largest absolute Gasteiger partial charge is 0.507 e. The second-order valence-corrected chi connectivity index (χ2v) is 12.3. The Hall–Kier alpha value is -2.12. The van der Waals surface area contributed by atoms with E-state index in [0.717, 1.165) is 6.42 Å². The third kappa shape index (κ3) is 4.94. The van der Waals surface area contributed by atoms with Crippen LogP contribution in [-0.4, -0.2) is 49.3 Å². The number of aldehydes is 2. The summed E-state index contributed by atoms with van der Waals surface area (Å²) in [5, 5.41) is 54.6. The van der Waals surface area contributed by atoms with Crippen LogP contribution in [0.4, 0.5) is 0 Å². The number of fused-ring (bicyclic) bond motifs is 1. The van der Waals surface area contributed by atoms with Gasteiger partial charge in [-0.3, -0.25) is 9.59 Å². The first-order valence-electron chi connectivity index (χ1n) is 12.8. The highest BCUT2D eigenvalue weighted by molar-refractivity contribution is 5.94. The van der Waals surface area contributed by atoms with Crippen LogP contribution in [0.25, 0.3) is 0 Å². The lowest BCUT2D eigenvalue weighted by Gasteiger charge is -2.57. The van der Waals surface area contributed by atoms with E-state index >= 15 is 0 Å². The molecule has 2 aliphatic carbocycles. The standard InChI is InChI=1S/C28H42O7/c1-14(2)9-18(23-25(32)19(12-29)24(31)20(13-30)26(23)33)17-7-8-28(6,35)21-11-16(27(4,5)34)10-15(3)22(17)21/h12-18,21-22,31-35H,7-11H2,1-6H3/t15-,16+,17+,18?,21?,22?,28+/m0/s1. The Kier molecular flexibility index (Phi) is 7.64. The van der Waals surface area contributed by atoms with Gasteiger partial charge >= 0.3 is 0 Å². The van der Waals surface area contributed by atoms with Crippen LogP contribution >= 0.6 is 0 Å². The van der Waals surface area contributed by atoms with Crippen LogP contribution in [0.15, 0.2) is 0 Å². The summed E-state index contributed by atoms with van der Waals surface area (Å²) >= 11 is 0. The van der Waals surface area contributed by atoms with Gasteiger partial charge in [0.25, 0.3) is 0 Å². The van der Waals surface area contributed by atoms with Gasteiger partial charge in [0.1, 0.15) is 17.2 Å². The fraction of sp³-hybridized carbons (Fsp3) is 0.714. The molecule has 7 heteroatoms. The van der Waals surface area contributed by atoms with Crippen molar-refractivity contribution in [1.29, 1.82) is 0 Å². The summed E-state index contributed by atoms with van der Waals surface area (Å²) in [5.41, 5.74) is -2.45. The third-order valence-corrected chi connectivity index (χ3v) is 8.97. The van der Waals surface area contributed by atoms with E-state index in [2.05, 4.69) is 6.92 Å². The van der Waals surface area contributed by atoms with Crippen molar-refractivity contribution in [3.8, 4) is 17.2 Å². The molecule has 0 radical (unpaired) electrons. The third-order valence-electron chi connectivity index (χ3n) is 8.97. The second kappa shape index (κ2) is 9.74. The van der Waals surface area contributed by atoms with Crippen molar-refractivity contribution in [2.75, 3.05) is 0 Å². The number of aliphatic hydroxyl groups is 2. The highest BCUT2D eigenvalue weighted by atomic mass is 16.3. The zero-order valence-corrected chi connectivity index (χ0v) is 21.8. The van der Waals surface area contributed by atoms with Gasteiger partial charge in [0.05, 0.1) is 22.3 Å². The van der Waals surface area contributed by atoms with Crippen LogP contribution in [0.5, 0.6) is 17.2 Å². The predicted molar refractivity (Wildman–Crippen MR) is 133 cm³/mol. The summed E-state index contributed by atoms with van der Waals surface area (Å²) in [6.07, 6.45) is 3.83. The smallest absolute Gasteiger partial charge is 0.157 e. The normalized spacial score (nSPS) is 32.2. The molecule has 7 nitrogen and oxygen atoms in total. The SMILES string of the molecule is CC(C)CC(c1c(O)c(C=O)c(O)c(C=O)c1O)[C@H]1CC[C@@](C)(O)C2C[C@H](C(C)(C)O)C[C@H](C)C21. The maximum Gasteiger partial charge on any atom is 0.157 e. The summed E-state index contributed by atoms with van der Waals surface area (Å²) in [5.74, 6) is -1.80. The molecule has 2 saturated carbocycles. The van der Waals surface area contributed by atoms with Crippen LogP contribution in [-0.2, 0) is 0 Å². The molecule has 0 spiro atoms. The lowest BCUT2D eigenvalue weighted by molar-refractivity contribution is -0.146. The molecular formula is C28H42O7. The molecule has 1 aromatic rings. The van der Waals surface area contributed by atoms with E-state index in [0.29, 0.717) is 38.3 Å². The average Bonchev–Trinajstić information content (AvgIpc) is 2.73. The Balaban J connectivity index is 2.18. The molecule has 0 amide bonds. The topological polar surface area (TPSA) is 135 Å². The van der Waals surface area contributed by atoms with Crippen molar-refractivity contribution in [2.24, 2.45) is 35.5 Å². The number of carbonyl (C=O) groups excluding carboxylic acids is 2. The van der Waals surface area contributed by atoms with Gasteiger partial charge in [0.2, 0.25) is 0 Å². The molecule has 196 valence electrons. The highest BCUT2D eigenvalue weighted by Gasteiger charge is 2.54. The van der Waals surface area contributed by atoms with Crippen LogP contribution in [0, 0.1) is 35.5 Å². The number of aromatic hydroxyl groups is 3. The van der Waals surface area contributed by atoms with Gasteiger partial charge < -0.3 is 25.5 Å². The molecule has 0 aromatic heterocycles. The van der Waals surface area contributed by atoms with Crippen LogP contribution in [0.3, 0.4) is 0 Å². The van der Waals surface area contributed by atoms with Crippen LogP contribution < -0.4 is 0 Å². The summed E-state index contributed by atoms with van der Waals surface area (Å²) in [6.45, 7) is 11.7. The lowest BCUT2D eigenvalue weighted by Crippen LogP contribution is -2.55. The van der Waals surface area contributed by atoms with Crippen molar-refractivity contribution in [3.63, 3.8) is 0 Å². The fourth-order valence-corrected chi connectivity index (χ4v) is 7.19. The Morgan fingerprint density at radius 1 is 1.03 bits per heavy atom. The summed E-state index contributed by atoms with van der Waals surface area (Å²) in [7, 11) is 0. The number of rotatable bonds is 7. The fourth-order valence-electron chi connectivity index (χ4n) is 7.19. The first-order valence-corrected chi connectivity index (χ1v) is 12.8. The predicted octanol–water partition coefficient (Wildman–Crippen LogP) is 4.77. The Labute approximate surface area is 208 Å². The average molecular weight is 491 g/mol. The van der Waals surface area contributed by atoms with Crippen LogP contribution in [0.2, 0.25) is 0 Å². The zero-order chi connectivity index (χ0) is 26.5. The maximum atomic E-state index is 11.7. The van der Waals surface area contributed by atoms with Gasteiger partial charge in [-0.1, -0.05) is 20.8 Å². The van der Waals surface area contributed by atoms with Crippen molar-refractivity contribution in [3.05, 3.63) is 16.7 Å². The maximum absolute atomic E-state index is 11.7. The molecule has 5 N–H and O–H groups in total. The van der Waals surface area contributed by atoms with E-state index in [1.54, 1.807) is 0 Å². The van der Waals surface area contributed by atoms with E-state index in [-0.39, 0.29) is 41.1 Å². The molecular weight excluding hydrogens is 448 g/mol. The quantitative estimate of drug-likeness (QED) is 0.347. The summed E-state index contributed by atoms with van der Waals surface area (Å²) in [4.78, 5) is 23.4. The number of phenols is 3. The van der Waals surface area contributed by atoms with Crippen molar-refractivity contribution >= 4 is 12.6 Å². The van der Waals surface area contributed by atoms with E-state index < -0.39 is 45.5 Å². The number of benzene rings is 1. The number of hydrogen-bond donors (Lipinski definition) is 5. The van der Waals surface area contributed by atoms with Crippen LogP contribution in [0.1, 0.15) is 106 Å². The van der Waals surface area contributed by atoms with Crippen molar-refractivity contribution < 1.29 is 35.1 Å². The molecule has 7 atom stereocenters. The molecule has 0 saturated heterocycles. The summed E-state index contributed by atoms with van der Waals surface area (Å²) < 4.78 is 0. The Morgan fingerprint density at radius 3 is 2.03 bits per heavy atom. The zero-order valence-electron chi connectivity index (χ0n) is 21.8. The molecule has 2 aliphatic rings. The Bertz CT molecular complexity index is 924. The van der Waals surface area contributed by atoms with Gasteiger partial charge in [0.15, 0.2) is 12.6 Å². The molecule has 0 bridgehead atoms. The number of phenolic OH excluding ortho intramolecular Hbond substituents is 3. The minimum atomic E-state index is -0.914. The minimum absolute atomic E-state index is 0.0336. The molecule has 2 fully saturated rings. The Morgan fingerprint density at radius 2 is 1.57 bits per heavy atom. The van der Waals surface area contributed by atoms with Gasteiger partial charge in [0, 0.05) is 5.56 Å². The van der Waals surface area contributed by atoms with E-state index in [1.165, 1.54) is 0 Å². The van der Waals surface area contributed by atoms with Crippen molar-refractivity contribution in [1.82, 2.24) is 0 Å². The number of hydrogen-bond acceptors (Lipinski definition) is 7. The molecule has 1 aromatic carbocycles.